The van der Waals surface area contributed by atoms with Crippen LogP contribution in [0.25, 0.3) is 0 Å². The zero-order valence-corrected chi connectivity index (χ0v) is 17.0. The Kier molecular flexibility index (Phi) is 7.47. The van der Waals surface area contributed by atoms with Gasteiger partial charge in [0.2, 0.25) is 0 Å². The van der Waals surface area contributed by atoms with Gasteiger partial charge in [-0.2, -0.15) is 0 Å². The molecule has 146 valence electrons. The monoisotopic (exact) mass is 387 g/mol. The first-order chi connectivity index (χ1) is 13.3. The molecule has 0 unspecified atom stereocenters. The van der Waals surface area contributed by atoms with Crippen LogP contribution in [0.5, 0.6) is 0 Å². The van der Waals surface area contributed by atoms with E-state index in [9.17, 15) is 0 Å². The Morgan fingerprint density at radius 1 is 1.19 bits per heavy atom. The number of nitrogens with one attached hydrogen (secondary N) is 2. The summed E-state index contributed by atoms with van der Waals surface area (Å²) in [6.07, 6.45) is 2.94. The van der Waals surface area contributed by atoms with Crippen LogP contribution in [0, 0.1) is 0 Å². The molecule has 6 nitrogen and oxygen atoms in total. The third kappa shape index (κ3) is 5.68. The number of hydrogen-bond acceptors (Lipinski definition) is 5. The van der Waals surface area contributed by atoms with Crippen LogP contribution in [0.4, 0.5) is 5.82 Å². The molecule has 0 saturated carbocycles. The predicted molar refractivity (Wildman–Crippen MR) is 113 cm³/mol. The van der Waals surface area contributed by atoms with Crippen molar-refractivity contribution < 1.29 is 4.74 Å². The quantitative estimate of drug-likeness (QED) is 0.565. The molecule has 2 aromatic rings. The SMILES string of the molecule is CCNC(=NCc1cccnc1N1CCOCC1)NCc1ccc(CC)s1. The number of aryl methyl sites for hydroxylation is 1. The summed E-state index contributed by atoms with van der Waals surface area (Å²) in [5.41, 5.74) is 1.14. The van der Waals surface area contributed by atoms with Crippen LogP contribution in [-0.4, -0.2) is 43.8 Å². The van der Waals surface area contributed by atoms with Crippen LogP contribution >= 0.6 is 11.3 Å². The van der Waals surface area contributed by atoms with Gasteiger partial charge in [0, 0.05) is 41.1 Å². The molecule has 0 bridgehead atoms. The highest BCUT2D eigenvalue weighted by atomic mass is 32.1. The van der Waals surface area contributed by atoms with Crippen molar-refractivity contribution in [2.45, 2.75) is 33.4 Å². The molecule has 0 aliphatic carbocycles. The number of anilines is 1. The number of ether oxygens (including phenoxy) is 1. The summed E-state index contributed by atoms with van der Waals surface area (Å²) < 4.78 is 5.46. The molecule has 1 fully saturated rings. The van der Waals surface area contributed by atoms with Crippen molar-refractivity contribution in [2.75, 3.05) is 37.7 Å². The van der Waals surface area contributed by atoms with Gasteiger partial charge >= 0.3 is 0 Å². The molecule has 0 spiro atoms. The van der Waals surface area contributed by atoms with Crippen LogP contribution in [0.15, 0.2) is 35.5 Å². The van der Waals surface area contributed by atoms with Crippen LogP contribution in [-0.2, 0) is 24.2 Å². The van der Waals surface area contributed by atoms with E-state index < -0.39 is 0 Å². The van der Waals surface area contributed by atoms with Crippen LogP contribution < -0.4 is 15.5 Å². The summed E-state index contributed by atoms with van der Waals surface area (Å²) in [6, 6.07) is 8.48. The zero-order valence-electron chi connectivity index (χ0n) is 16.2. The van der Waals surface area contributed by atoms with Crippen LogP contribution in [0.3, 0.4) is 0 Å². The first-order valence-corrected chi connectivity index (χ1v) is 10.5. The maximum Gasteiger partial charge on any atom is 0.191 e. The van der Waals surface area contributed by atoms with E-state index in [1.54, 1.807) is 0 Å². The summed E-state index contributed by atoms with van der Waals surface area (Å²) in [5, 5.41) is 6.77. The standard InChI is InChI=1S/C20H29N5OS/c1-3-17-7-8-18(27-17)15-24-20(21-4-2)23-14-16-6-5-9-22-19(16)25-10-12-26-13-11-25/h5-9H,3-4,10-15H2,1-2H3,(H2,21,23,24). The summed E-state index contributed by atoms with van der Waals surface area (Å²) in [5.74, 6) is 1.85. The number of nitrogens with zero attached hydrogens (tertiary/aromatic N) is 3. The molecule has 1 aliphatic heterocycles. The van der Waals surface area contributed by atoms with Gasteiger partial charge < -0.3 is 20.3 Å². The number of pyridine rings is 1. The lowest BCUT2D eigenvalue weighted by Crippen LogP contribution is -2.38. The molecule has 7 heteroatoms. The summed E-state index contributed by atoms with van der Waals surface area (Å²) in [7, 11) is 0. The highest BCUT2D eigenvalue weighted by Crippen LogP contribution is 2.19. The topological polar surface area (TPSA) is 61.8 Å². The van der Waals surface area contributed by atoms with E-state index in [2.05, 4.69) is 52.6 Å². The summed E-state index contributed by atoms with van der Waals surface area (Å²) in [4.78, 5) is 14.4. The van der Waals surface area contributed by atoms with Gasteiger partial charge in [-0.05, 0) is 31.5 Å². The number of guanidine groups is 1. The van der Waals surface area contributed by atoms with E-state index in [1.807, 2.05) is 23.6 Å². The Hall–Kier alpha value is -2.12. The molecule has 2 aromatic heterocycles. The molecular formula is C20H29N5OS. The van der Waals surface area contributed by atoms with Crippen molar-refractivity contribution in [1.82, 2.24) is 15.6 Å². The molecule has 0 aromatic carbocycles. The van der Waals surface area contributed by atoms with E-state index in [0.29, 0.717) is 6.54 Å². The number of hydrogen-bond donors (Lipinski definition) is 2. The Morgan fingerprint density at radius 2 is 2.00 bits per heavy atom. The fraction of sp³-hybridized carbons (Fsp3) is 0.500. The molecule has 0 radical (unpaired) electrons. The fourth-order valence-corrected chi connectivity index (χ4v) is 3.90. The summed E-state index contributed by atoms with van der Waals surface area (Å²) >= 11 is 1.85. The van der Waals surface area contributed by atoms with Gasteiger partial charge in [0.05, 0.1) is 26.3 Å². The number of aromatic nitrogens is 1. The largest absolute Gasteiger partial charge is 0.378 e. The first-order valence-electron chi connectivity index (χ1n) is 9.66. The zero-order chi connectivity index (χ0) is 18.9. The Morgan fingerprint density at radius 3 is 2.74 bits per heavy atom. The molecular weight excluding hydrogens is 358 g/mol. The average Bonchev–Trinajstić information content (AvgIpc) is 3.19. The lowest BCUT2D eigenvalue weighted by atomic mass is 10.2. The van der Waals surface area contributed by atoms with Crippen molar-refractivity contribution in [2.24, 2.45) is 4.99 Å². The van der Waals surface area contributed by atoms with E-state index in [0.717, 1.165) is 63.2 Å². The molecule has 0 amide bonds. The smallest absolute Gasteiger partial charge is 0.191 e. The van der Waals surface area contributed by atoms with Gasteiger partial charge in [-0.3, -0.25) is 0 Å². The van der Waals surface area contributed by atoms with Gasteiger partial charge in [-0.1, -0.05) is 13.0 Å². The Bertz CT molecular complexity index is 739. The molecule has 1 saturated heterocycles. The van der Waals surface area contributed by atoms with Crippen molar-refractivity contribution in [1.29, 1.82) is 0 Å². The summed E-state index contributed by atoms with van der Waals surface area (Å²) in [6.45, 7) is 9.76. The lowest BCUT2D eigenvalue weighted by Gasteiger charge is -2.29. The van der Waals surface area contributed by atoms with Crippen molar-refractivity contribution in [3.8, 4) is 0 Å². The van der Waals surface area contributed by atoms with E-state index >= 15 is 0 Å². The number of morpholine rings is 1. The highest BCUT2D eigenvalue weighted by molar-refractivity contribution is 7.11. The van der Waals surface area contributed by atoms with Crippen molar-refractivity contribution in [3.63, 3.8) is 0 Å². The molecule has 1 aliphatic rings. The maximum atomic E-state index is 5.46. The fourth-order valence-electron chi connectivity index (χ4n) is 3.00. The molecule has 3 heterocycles. The number of rotatable bonds is 7. The normalized spacial score (nSPS) is 15.0. The van der Waals surface area contributed by atoms with Gasteiger partial charge in [-0.25, -0.2) is 9.98 Å². The lowest BCUT2D eigenvalue weighted by molar-refractivity contribution is 0.122. The minimum absolute atomic E-state index is 0.598. The van der Waals surface area contributed by atoms with E-state index in [1.165, 1.54) is 9.75 Å². The van der Waals surface area contributed by atoms with Gasteiger partial charge in [0.15, 0.2) is 5.96 Å². The molecule has 2 N–H and O–H groups in total. The average molecular weight is 388 g/mol. The number of aliphatic imine (C=N–C) groups is 1. The molecule has 27 heavy (non-hydrogen) atoms. The van der Waals surface area contributed by atoms with Crippen LogP contribution in [0.2, 0.25) is 0 Å². The van der Waals surface area contributed by atoms with E-state index in [4.69, 9.17) is 9.73 Å². The maximum absolute atomic E-state index is 5.46. The second-order valence-electron chi connectivity index (χ2n) is 6.36. The third-order valence-corrected chi connectivity index (χ3v) is 5.66. The van der Waals surface area contributed by atoms with Crippen molar-refractivity contribution in [3.05, 3.63) is 45.8 Å². The Balaban J connectivity index is 1.65. The van der Waals surface area contributed by atoms with Gasteiger partial charge in [0.1, 0.15) is 5.82 Å². The number of thiophene rings is 1. The van der Waals surface area contributed by atoms with Gasteiger partial charge in [-0.15, -0.1) is 11.3 Å². The van der Waals surface area contributed by atoms with Crippen molar-refractivity contribution >= 4 is 23.1 Å². The Labute approximate surface area is 165 Å². The van der Waals surface area contributed by atoms with Gasteiger partial charge in [0.25, 0.3) is 0 Å². The molecule has 3 rings (SSSR count). The highest BCUT2D eigenvalue weighted by Gasteiger charge is 2.15. The van der Waals surface area contributed by atoms with E-state index in [-0.39, 0.29) is 0 Å². The first kappa shape index (κ1) is 19.6. The predicted octanol–water partition coefficient (Wildman–Crippen LogP) is 2.80. The second kappa shape index (κ2) is 10.3. The minimum Gasteiger partial charge on any atom is -0.378 e. The molecule has 0 atom stereocenters. The van der Waals surface area contributed by atoms with Crippen LogP contribution in [0.1, 0.15) is 29.2 Å². The second-order valence-corrected chi connectivity index (χ2v) is 7.61. The minimum atomic E-state index is 0.598. The third-order valence-electron chi connectivity index (χ3n) is 4.43.